The number of phenols is 1. The largest absolute Gasteiger partial charge is 0.508 e. The monoisotopic (exact) mass is 229 g/mol. The Kier molecular flexibility index (Phi) is 4.39. The van der Waals surface area contributed by atoms with Crippen LogP contribution in [0.15, 0.2) is 18.2 Å². The molecule has 0 amide bonds. The average molecular weight is 230 g/mol. The second-order valence-corrected chi connectivity index (χ2v) is 4.12. The van der Waals surface area contributed by atoms with E-state index in [1.807, 2.05) is 6.92 Å². The summed E-state index contributed by atoms with van der Waals surface area (Å²) in [6.45, 7) is 4.10. The molecule has 0 aromatic heterocycles. The van der Waals surface area contributed by atoms with Crippen molar-refractivity contribution in [1.82, 2.24) is 5.32 Å². The van der Waals surface area contributed by atoms with Gasteiger partial charge in [0.25, 0.3) is 0 Å². The van der Waals surface area contributed by atoms with Crippen LogP contribution >= 0.6 is 11.6 Å². The molecule has 0 aliphatic heterocycles. The second-order valence-electron chi connectivity index (χ2n) is 3.68. The van der Waals surface area contributed by atoms with Crippen molar-refractivity contribution in [2.75, 3.05) is 6.54 Å². The molecule has 0 saturated heterocycles. The Bertz CT molecular complexity index is 328. The van der Waals surface area contributed by atoms with Gasteiger partial charge in [-0.2, -0.15) is 0 Å². The Balaban J connectivity index is 2.72. The zero-order valence-corrected chi connectivity index (χ0v) is 9.62. The Hall–Kier alpha value is -0.770. The molecule has 84 valence electrons. The molecule has 1 aromatic carbocycles. The third-order valence-corrected chi connectivity index (χ3v) is 2.41. The molecular formula is C11H16ClNO2. The summed E-state index contributed by atoms with van der Waals surface area (Å²) >= 11 is 5.84. The van der Waals surface area contributed by atoms with Crippen LogP contribution in [0.25, 0.3) is 0 Å². The second kappa shape index (κ2) is 5.35. The number of hydrogen-bond donors (Lipinski definition) is 3. The van der Waals surface area contributed by atoms with Crippen molar-refractivity contribution in [1.29, 1.82) is 0 Å². The minimum absolute atomic E-state index is 0.0432. The fraction of sp³-hybridized carbons (Fsp3) is 0.455. The number of hydrogen-bond acceptors (Lipinski definition) is 3. The van der Waals surface area contributed by atoms with E-state index in [0.29, 0.717) is 11.6 Å². The first-order chi connectivity index (χ1) is 7.00. The number of aromatic hydroxyl groups is 1. The lowest BCUT2D eigenvalue weighted by atomic mass is 10.1. The minimum atomic E-state index is -0.409. The van der Waals surface area contributed by atoms with Gasteiger partial charge in [0, 0.05) is 23.2 Å². The van der Waals surface area contributed by atoms with E-state index in [1.165, 1.54) is 0 Å². The van der Waals surface area contributed by atoms with E-state index in [-0.39, 0.29) is 11.8 Å². The van der Waals surface area contributed by atoms with Crippen LogP contribution in [0.1, 0.15) is 25.5 Å². The highest BCUT2D eigenvalue weighted by molar-refractivity contribution is 6.30. The van der Waals surface area contributed by atoms with E-state index < -0.39 is 6.10 Å². The number of rotatable bonds is 4. The van der Waals surface area contributed by atoms with E-state index in [2.05, 4.69) is 5.32 Å². The van der Waals surface area contributed by atoms with Crippen LogP contribution in [-0.2, 0) is 0 Å². The number of halogens is 1. The van der Waals surface area contributed by atoms with Crippen molar-refractivity contribution in [3.8, 4) is 5.75 Å². The van der Waals surface area contributed by atoms with E-state index in [9.17, 15) is 5.11 Å². The van der Waals surface area contributed by atoms with E-state index >= 15 is 0 Å². The molecule has 4 heteroatoms. The number of aliphatic hydroxyl groups excluding tert-OH is 1. The first-order valence-corrected chi connectivity index (χ1v) is 5.28. The maximum atomic E-state index is 9.61. The lowest BCUT2D eigenvalue weighted by molar-refractivity contribution is 0.187. The van der Waals surface area contributed by atoms with Crippen LogP contribution in [0.3, 0.4) is 0 Å². The van der Waals surface area contributed by atoms with Crippen molar-refractivity contribution < 1.29 is 10.2 Å². The van der Waals surface area contributed by atoms with Crippen molar-refractivity contribution in [2.45, 2.75) is 26.0 Å². The summed E-state index contributed by atoms with van der Waals surface area (Å²) in [6.07, 6.45) is -0.409. The summed E-state index contributed by atoms with van der Waals surface area (Å²) in [4.78, 5) is 0. The van der Waals surface area contributed by atoms with Crippen LogP contribution in [0.4, 0.5) is 0 Å². The fourth-order valence-corrected chi connectivity index (χ4v) is 1.51. The Morgan fingerprint density at radius 3 is 2.67 bits per heavy atom. The number of benzene rings is 1. The lowest BCUT2D eigenvalue weighted by Gasteiger charge is -2.16. The van der Waals surface area contributed by atoms with Crippen LogP contribution in [-0.4, -0.2) is 22.9 Å². The van der Waals surface area contributed by atoms with Gasteiger partial charge in [-0.25, -0.2) is 0 Å². The highest BCUT2D eigenvalue weighted by Gasteiger charge is 2.10. The normalized spacial score (nSPS) is 14.9. The summed E-state index contributed by atoms with van der Waals surface area (Å²) in [5, 5.41) is 22.4. The van der Waals surface area contributed by atoms with Gasteiger partial charge < -0.3 is 15.5 Å². The number of nitrogens with one attached hydrogen (secondary N) is 1. The molecule has 0 heterocycles. The molecule has 0 aliphatic carbocycles. The SMILES string of the molecule is CC(NC[C@@H](C)O)c1cc(Cl)ccc1O. The molecule has 1 aromatic rings. The third-order valence-electron chi connectivity index (χ3n) is 2.18. The highest BCUT2D eigenvalue weighted by atomic mass is 35.5. The molecule has 0 radical (unpaired) electrons. The molecule has 0 aliphatic rings. The zero-order chi connectivity index (χ0) is 11.4. The summed E-state index contributed by atoms with van der Waals surface area (Å²) in [6, 6.07) is 4.88. The van der Waals surface area contributed by atoms with Gasteiger partial charge >= 0.3 is 0 Å². The molecule has 1 unspecified atom stereocenters. The average Bonchev–Trinajstić information content (AvgIpc) is 2.18. The first-order valence-electron chi connectivity index (χ1n) is 4.90. The van der Waals surface area contributed by atoms with Crippen molar-refractivity contribution in [3.63, 3.8) is 0 Å². The summed E-state index contributed by atoms with van der Waals surface area (Å²) in [7, 11) is 0. The molecule has 3 N–H and O–H groups in total. The van der Waals surface area contributed by atoms with Gasteiger partial charge in [-0.1, -0.05) is 11.6 Å². The third kappa shape index (κ3) is 3.70. The zero-order valence-electron chi connectivity index (χ0n) is 8.87. The van der Waals surface area contributed by atoms with Gasteiger partial charge in [-0.15, -0.1) is 0 Å². The quantitative estimate of drug-likeness (QED) is 0.741. The topological polar surface area (TPSA) is 52.5 Å². The summed E-state index contributed by atoms with van der Waals surface area (Å²) in [5.41, 5.74) is 0.739. The van der Waals surface area contributed by atoms with E-state index in [1.54, 1.807) is 25.1 Å². The minimum Gasteiger partial charge on any atom is -0.508 e. The molecular weight excluding hydrogens is 214 g/mol. The smallest absolute Gasteiger partial charge is 0.120 e. The maximum Gasteiger partial charge on any atom is 0.120 e. The molecule has 2 atom stereocenters. The molecule has 0 saturated carbocycles. The van der Waals surface area contributed by atoms with Crippen molar-refractivity contribution in [2.24, 2.45) is 0 Å². The maximum absolute atomic E-state index is 9.61. The van der Waals surface area contributed by atoms with Crippen molar-refractivity contribution in [3.05, 3.63) is 28.8 Å². The van der Waals surface area contributed by atoms with Crippen LogP contribution in [0.2, 0.25) is 5.02 Å². The predicted molar refractivity (Wildman–Crippen MR) is 61.2 cm³/mol. The van der Waals surface area contributed by atoms with Crippen LogP contribution in [0.5, 0.6) is 5.75 Å². The van der Waals surface area contributed by atoms with Gasteiger partial charge in [0.05, 0.1) is 6.10 Å². The lowest BCUT2D eigenvalue weighted by Crippen LogP contribution is -2.27. The molecule has 0 bridgehead atoms. The number of phenolic OH excluding ortho intramolecular Hbond substituents is 1. The van der Waals surface area contributed by atoms with Gasteiger partial charge in [-0.3, -0.25) is 0 Å². The Morgan fingerprint density at radius 1 is 1.40 bits per heavy atom. The number of aliphatic hydroxyl groups is 1. The van der Waals surface area contributed by atoms with Gasteiger partial charge in [0.1, 0.15) is 5.75 Å². The molecule has 3 nitrogen and oxygen atoms in total. The molecule has 0 spiro atoms. The van der Waals surface area contributed by atoms with Gasteiger partial charge in [0.2, 0.25) is 0 Å². The van der Waals surface area contributed by atoms with E-state index in [4.69, 9.17) is 16.7 Å². The summed E-state index contributed by atoms with van der Waals surface area (Å²) in [5.74, 6) is 0.213. The first kappa shape index (κ1) is 12.3. The molecule has 0 fully saturated rings. The predicted octanol–water partition coefficient (Wildman–Crippen LogP) is 2.08. The Morgan fingerprint density at radius 2 is 2.07 bits per heavy atom. The molecule has 15 heavy (non-hydrogen) atoms. The highest BCUT2D eigenvalue weighted by Crippen LogP contribution is 2.26. The summed E-state index contributed by atoms with van der Waals surface area (Å²) < 4.78 is 0. The van der Waals surface area contributed by atoms with Crippen molar-refractivity contribution >= 4 is 11.6 Å². The van der Waals surface area contributed by atoms with Crippen LogP contribution in [0, 0.1) is 0 Å². The van der Waals surface area contributed by atoms with Crippen LogP contribution < -0.4 is 5.32 Å². The Labute approximate surface area is 94.7 Å². The van der Waals surface area contributed by atoms with Gasteiger partial charge in [0.15, 0.2) is 0 Å². The van der Waals surface area contributed by atoms with E-state index in [0.717, 1.165) is 5.56 Å². The standard InChI is InChI=1S/C11H16ClNO2/c1-7(14)6-13-8(2)10-5-9(12)3-4-11(10)15/h3-5,7-8,13-15H,6H2,1-2H3/t7-,8?/m1/s1. The fourth-order valence-electron chi connectivity index (χ4n) is 1.33. The van der Waals surface area contributed by atoms with Gasteiger partial charge in [-0.05, 0) is 32.0 Å². The molecule has 1 rings (SSSR count).